The molecule has 3 N–H and O–H groups in total. The van der Waals surface area contributed by atoms with Crippen molar-refractivity contribution in [2.75, 3.05) is 5.32 Å². The second-order valence-corrected chi connectivity index (χ2v) is 11.6. The number of aliphatic carboxylic acids is 1. The molecule has 14 heteroatoms. The number of rotatable bonds is 9. The van der Waals surface area contributed by atoms with E-state index in [0.717, 1.165) is 6.07 Å². The monoisotopic (exact) mass is 644 g/mol. The molecule has 5 rings (SSSR count). The maximum atomic E-state index is 15.2. The molecule has 0 fully saturated rings. The predicted octanol–water partition coefficient (Wildman–Crippen LogP) is 5.95. The number of nitrogens with one attached hydrogen (secondary N) is 2. The lowest BCUT2D eigenvalue weighted by Gasteiger charge is -2.19. The van der Waals surface area contributed by atoms with Crippen molar-refractivity contribution in [3.63, 3.8) is 0 Å². The van der Waals surface area contributed by atoms with Crippen LogP contribution < -0.4 is 10.6 Å². The van der Waals surface area contributed by atoms with E-state index in [1.165, 1.54) is 41.4 Å². The second-order valence-electron chi connectivity index (χ2n) is 11.6. The smallest absolute Gasteiger partial charge is 0.412 e. The lowest BCUT2D eigenvalue weighted by molar-refractivity contribution is -0.139. The van der Waals surface area contributed by atoms with Gasteiger partial charge in [-0.05, 0) is 93.4 Å². The molecule has 0 aliphatic carbocycles. The maximum absolute atomic E-state index is 15.2. The summed E-state index contributed by atoms with van der Waals surface area (Å²) in [4.78, 5) is 45.1. The van der Waals surface area contributed by atoms with Gasteiger partial charge in [0.25, 0.3) is 11.8 Å². The van der Waals surface area contributed by atoms with Gasteiger partial charge in [-0.25, -0.2) is 23.4 Å². The zero-order chi connectivity index (χ0) is 33.9. The lowest BCUT2D eigenvalue weighted by Crippen LogP contribution is -2.42. The van der Waals surface area contributed by atoms with Gasteiger partial charge >= 0.3 is 12.1 Å². The number of carbonyl (C=O) groups is 3. The number of anilines is 1. The molecule has 0 bridgehead atoms. The number of hydrogen-bond acceptors (Lipinski definition) is 8. The van der Waals surface area contributed by atoms with Crippen LogP contribution >= 0.6 is 0 Å². The largest absolute Gasteiger partial charge is 0.480 e. The van der Waals surface area contributed by atoms with Crippen molar-refractivity contribution in [2.24, 2.45) is 0 Å². The number of benzene rings is 3. The van der Waals surface area contributed by atoms with Crippen molar-refractivity contribution in [3.05, 3.63) is 102 Å². The summed E-state index contributed by atoms with van der Waals surface area (Å²) in [6.45, 7) is 6.87. The number of halogens is 2. The average molecular weight is 645 g/mol. The number of nitrogens with zero attached hydrogens (tertiary/aromatic N) is 4. The fourth-order valence-electron chi connectivity index (χ4n) is 4.47. The topological polar surface area (TPSA) is 161 Å². The quantitative estimate of drug-likeness (QED) is 0.176. The van der Waals surface area contributed by atoms with Gasteiger partial charge in [0.05, 0.1) is 5.56 Å². The molecule has 0 aliphatic heterocycles. The van der Waals surface area contributed by atoms with Crippen LogP contribution in [0.5, 0.6) is 0 Å². The molecular formula is C33H30F2N6O6. The first-order valence-corrected chi connectivity index (χ1v) is 14.3. The van der Waals surface area contributed by atoms with Crippen molar-refractivity contribution >= 4 is 23.7 Å². The Morgan fingerprint density at radius 1 is 1.02 bits per heavy atom. The van der Waals surface area contributed by atoms with Gasteiger partial charge in [-0.1, -0.05) is 11.2 Å². The summed E-state index contributed by atoms with van der Waals surface area (Å²) < 4.78 is 40.9. The number of ether oxygens (including phenoxy) is 1. The van der Waals surface area contributed by atoms with E-state index in [4.69, 9.17) is 9.26 Å². The second kappa shape index (κ2) is 13.2. The predicted molar refractivity (Wildman–Crippen MR) is 166 cm³/mol. The van der Waals surface area contributed by atoms with Crippen molar-refractivity contribution in [1.29, 1.82) is 0 Å². The van der Waals surface area contributed by atoms with Crippen molar-refractivity contribution in [2.45, 2.75) is 45.8 Å². The Labute approximate surface area is 267 Å². The van der Waals surface area contributed by atoms with Crippen LogP contribution in [0.15, 0.2) is 77.7 Å². The van der Waals surface area contributed by atoms with E-state index in [1.54, 1.807) is 58.0 Å². The van der Waals surface area contributed by atoms with E-state index in [2.05, 4.69) is 25.8 Å². The molecule has 242 valence electrons. The van der Waals surface area contributed by atoms with Crippen LogP contribution in [0.2, 0.25) is 0 Å². The van der Waals surface area contributed by atoms with Gasteiger partial charge in [0.1, 0.15) is 35.3 Å². The van der Waals surface area contributed by atoms with E-state index >= 15 is 4.39 Å². The summed E-state index contributed by atoms with van der Waals surface area (Å²) in [6.07, 6.45) is 1.92. The highest BCUT2D eigenvalue weighted by Gasteiger charge is 2.24. The molecular weight excluding hydrogens is 614 g/mol. The first kappa shape index (κ1) is 32.5. The summed E-state index contributed by atoms with van der Waals surface area (Å²) in [7, 11) is 0. The van der Waals surface area contributed by atoms with E-state index in [-0.39, 0.29) is 35.2 Å². The first-order chi connectivity index (χ1) is 22.3. The normalized spacial score (nSPS) is 12.0. The molecule has 2 heterocycles. The van der Waals surface area contributed by atoms with Gasteiger partial charge in [0, 0.05) is 29.6 Å². The molecule has 0 saturated heterocycles. The number of carbonyl (C=O) groups excluding carboxylic acids is 2. The van der Waals surface area contributed by atoms with Crippen LogP contribution in [0.25, 0.3) is 28.5 Å². The van der Waals surface area contributed by atoms with Crippen molar-refractivity contribution < 1.29 is 37.5 Å². The van der Waals surface area contributed by atoms with Crippen LogP contribution in [0.1, 0.15) is 42.4 Å². The molecule has 2 amide bonds. The molecule has 5 aromatic rings. The summed E-state index contributed by atoms with van der Waals surface area (Å²) in [5, 5.41) is 18.7. The number of aryl methyl sites for hydroxylation is 1. The van der Waals surface area contributed by atoms with Gasteiger partial charge in [0.15, 0.2) is 0 Å². The Morgan fingerprint density at radius 3 is 2.43 bits per heavy atom. The van der Waals surface area contributed by atoms with Crippen LogP contribution in [0.4, 0.5) is 19.3 Å². The molecule has 12 nitrogen and oxygen atoms in total. The number of amides is 2. The third-order valence-corrected chi connectivity index (χ3v) is 6.78. The number of hydrogen-bond donors (Lipinski definition) is 3. The third-order valence-electron chi connectivity index (χ3n) is 6.78. The van der Waals surface area contributed by atoms with Gasteiger partial charge in [-0.2, -0.15) is 4.98 Å². The summed E-state index contributed by atoms with van der Waals surface area (Å²) >= 11 is 0. The summed E-state index contributed by atoms with van der Waals surface area (Å²) in [5.41, 5.74) is 1.59. The van der Waals surface area contributed by atoms with Gasteiger partial charge in [0.2, 0.25) is 5.82 Å². The molecule has 0 aliphatic rings. The van der Waals surface area contributed by atoms with Gasteiger partial charge in [-0.15, -0.1) is 0 Å². The van der Waals surface area contributed by atoms with E-state index in [9.17, 15) is 23.9 Å². The Balaban J connectivity index is 1.23. The fraction of sp³-hybridized carbons (Fsp3) is 0.212. The number of imidazole rings is 1. The molecule has 0 saturated carbocycles. The van der Waals surface area contributed by atoms with Crippen molar-refractivity contribution in [3.8, 4) is 28.5 Å². The SMILES string of the molecule is Cc1cc(-n2cnc(C(=O)NC(Cc3ccc(-c4noc(-c5ccc(NC(=O)OC(C)(C)C)cc5)n4)c(F)c3)C(=O)O)c2)ccc1F. The van der Waals surface area contributed by atoms with Gasteiger partial charge < -0.3 is 24.3 Å². The Morgan fingerprint density at radius 2 is 1.77 bits per heavy atom. The molecule has 3 aromatic carbocycles. The Bertz CT molecular complexity index is 1950. The van der Waals surface area contributed by atoms with Crippen LogP contribution in [0.3, 0.4) is 0 Å². The third kappa shape index (κ3) is 8.03. The summed E-state index contributed by atoms with van der Waals surface area (Å²) in [5.74, 6) is -3.10. The zero-order valence-electron chi connectivity index (χ0n) is 25.7. The zero-order valence-corrected chi connectivity index (χ0v) is 25.7. The van der Waals surface area contributed by atoms with E-state index in [0.29, 0.717) is 28.1 Å². The van der Waals surface area contributed by atoms with Crippen LogP contribution in [0, 0.1) is 18.6 Å². The van der Waals surface area contributed by atoms with E-state index in [1.807, 2.05) is 0 Å². The minimum absolute atomic E-state index is 0.0180. The average Bonchev–Trinajstić information content (AvgIpc) is 3.69. The Kier molecular flexibility index (Phi) is 9.12. The van der Waals surface area contributed by atoms with Crippen molar-refractivity contribution in [1.82, 2.24) is 25.0 Å². The molecule has 2 aromatic heterocycles. The molecule has 1 unspecified atom stereocenters. The highest BCUT2D eigenvalue weighted by molar-refractivity contribution is 5.95. The van der Waals surface area contributed by atoms with Gasteiger partial charge in [-0.3, -0.25) is 10.1 Å². The fourth-order valence-corrected chi connectivity index (χ4v) is 4.47. The minimum atomic E-state index is -1.39. The lowest BCUT2D eigenvalue weighted by atomic mass is 10.0. The Hall–Kier alpha value is -5.92. The molecule has 0 spiro atoms. The first-order valence-electron chi connectivity index (χ1n) is 14.3. The summed E-state index contributed by atoms with van der Waals surface area (Å²) in [6, 6.07) is 13.5. The number of carboxylic acids is 1. The standard InChI is InChI=1S/C33H30F2N6O6/c1-18-13-22(10-12-24(18)34)41-16-27(36-17-41)29(42)38-26(31(43)44)15-19-5-11-23(25(35)14-19)28-39-30(47-40-28)20-6-8-21(9-7-20)37-32(45)46-33(2,3)4/h5-14,16-17,26H,15H2,1-4H3,(H,37,45)(H,38,42)(H,43,44). The maximum Gasteiger partial charge on any atom is 0.412 e. The number of carboxylic acid groups (broad SMARTS) is 1. The number of aromatic nitrogens is 4. The molecule has 0 radical (unpaired) electrons. The minimum Gasteiger partial charge on any atom is -0.480 e. The highest BCUT2D eigenvalue weighted by atomic mass is 19.1. The molecule has 47 heavy (non-hydrogen) atoms. The molecule has 1 atom stereocenters. The van der Waals surface area contributed by atoms with Crippen LogP contribution in [-0.4, -0.2) is 54.4 Å². The highest BCUT2D eigenvalue weighted by Crippen LogP contribution is 2.26. The van der Waals surface area contributed by atoms with E-state index < -0.39 is 35.4 Å². The van der Waals surface area contributed by atoms with Crippen LogP contribution in [-0.2, 0) is 16.0 Å².